The average molecular weight is 207 g/mol. The number of allylic oxidation sites excluding steroid dienone is 1. The van der Waals surface area contributed by atoms with Crippen molar-refractivity contribution in [3.63, 3.8) is 0 Å². The Morgan fingerprint density at radius 3 is 2.62 bits per heavy atom. The van der Waals surface area contributed by atoms with Gasteiger partial charge in [0.25, 0.3) is 0 Å². The van der Waals surface area contributed by atoms with E-state index < -0.39 is 8.07 Å². The van der Waals surface area contributed by atoms with Crippen LogP contribution in [0.1, 0.15) is 4.88 Å². The van der Waals surface area contributed by atoms with E-state index in [0.717, 1.165) is 10.5 Å². The van der Waals surface area contributed by atoms with Crippen molar-refractivity contribution in [3.8, 4) is 6.07 Å². The standard InChI is InChI=1S/C10H13NSSi/c1-13(2,3)8-9(7-11)10-5-4-6-12-10/h4-6,8H,1-3H3/b9-8+. The average Bonchev–Trinajstić information content (AvgIpc) is 2.50. The van der Waals surface area contributed by atoms with Gasteiger partial charge in [0.1, 0.15) is 0 Å². The number of nitriles is 1. The summed E-state index contributed by atoms with van der Waals surface area (Å²) in [5, 5.41) is 11.0. The van der Waals surface area contributed by atoms with Crippen LogP contribution in [0.4, 0.5) is 0 Å². The highest BCUT2D eigenvalue weighted by Crippen LogP contribution is 2.21. The normalized spacial score (nSPS) is 12.6. The van der Waals surface area contributed by atoms with Crippen molar-refractivity contribution in [1.82, 2.24) is 0 Å². The summed E-state index contributed by atoms with van der Waals surface area (Å²) in [7, 11) is -1.28. The van der Waals surface area contributed by atoms with Crippen molar-refractivity contribution in [3.05, 3.63) is 28.1 Å². The van der Waals surface area contributed by atoms with Gasteiger partial charge in [-0.2, -0.15) is 5.26 Å². The van der Waals surface area contributed by atoms with E-state index in [9.17, 15) is 0 Å². The topological polar surface area (TPSA) is 23.8 Å². The maximum atomic E-state index is 8.97. The zero-order chi connectivity index (χ0) is 9.90. The van der Waals surface area contributed by atoms with E-state index in [1.807, 2.05) is 17.5 Å². The van der Waals surface area contributed by atoms with Crippen LogP contribution < -0.4 is 0 Å². The van der Waals surface area contributed by atoms with Crippen molar-refractivity contribution < 1.29 is 0 Å². The van der Waals surface area contributed by atoms with Gasteiger partial charge in [-0.1, -0.05) is 31.4 Å². The van der Waals surface area contributed by atoms with E-state index >= 15 is 0 Å². The van der Waals surface area contributed by atoms with Crippen molar-refractivity contribution >= 4 is 25.0 Å². The lowest BCUT2D eigenvalue weighted by molar-refractivity contribution is 1.54. The number of nitrogens with zero attached hydrogens (tertiary/aromatic N) is 1. The van der Waals surface area contributed by atoms with Crippen LogP contribution in [0.3, 0.4) is 0 Å². The lowest BCUT2D eigenvalue weighted by Crippen LogP contribution is -2.16. The molecule has 0 spiro atoms. The molecule has 1 aromatic heterocycles. The zero-order valence-electron chi connectivity index (χ0n) is 8.16. The summed E-state index contributed by atoms with van der Waals surface area (Å²) in [5.41, 5.74) is 2.99. The van der Waals surface area contributed by atoms with Crippen LogP contribution in [-0.2, 0) is 0 Å². The summed E-state index contributed by atoms with van der Waals surface area (Å²) in [6.45, 7) is 6.70. The second-order valence-electron chi connectivity index (χ2n) is 4.01. The molecule has 13 heavy (non-hydrogen) atoms. The highest BCUT2D eigenvalue weighted by atomic mass is 32.1. The van der Waals surface area contributed by atoms with E-state index in [0.29, 0.717) is 0 Å². The van der Waals surface area contributed by atoms with Crippen LogP contribution in [0.5, 0.6) is 0 Å². The third kappa shape index (κ3) is 3.17. The van der Waals surface area contributed by atoms with Gasteiger partial charge in [-0.05, 0) is 11.4 Å². The largest absolute Gasteiger partial charge is 0.192 e. The zero-order valence-corrected chi connectivity index (χ0v) is 9.98. The van der Waals surface area contributed by atoms with Crippen LogP contribution in [-0.4, -0.2) is 8.07 Å². The van der Waals surface area contributed by atoms with Crippen LogP contribution in [0, 0.1) is 11.3 Å². The summed E-state index contributed by atoms with van der Waals surface area (Å²) in [6.07, 6.45) is 0. The smallest absolute Gasteiger partial charge is 0.0999 e. The molecule has 1 nitrogen and oxygen atoms in total. The van der Waals surface area contributed by atoms with Gasteiger partial charge in [-0.25, -0.2) is 0 Å². The predicted molar refractivity (Wildman–Crippen MR) is 61.3 cm³/mol. The van der Waals surface area contributed by atoms with E-state index in [-0.39, 0.29) is 0 Å². The van der Waals surface area contributed by atoms with Crippen LogP contribution >= 0.6 is 11.3 Å². The Bertz CT molecular complexity index is 338. The lowest BCUT2D eigenvalue weighted by atomic mass is 10.3. The highest BCUT2D eigenvalue weighted by Gasteiger charge is 2.12. The Labute approximate surface area is 84.3 Å². The number of thiophene rings is 1. The molecule has 0 fully saturated rings. The summed E-state index contributed by atoms with van der Waals surface area (Å²) in [5.74, 6) is 0. The first-order valence-corrected chi connectivity index (χ1v) is 8.65. The molecule has 0 saturated heterocycles. The minimum absolute atomic E-state index is 0.842. The SMILES string of the molecule is C[Si](C)(C)/C=C(\C#N)c1cccs1. The van der Waals surface area contributed by atoms with Gasteiger partial charge in [0.2, 0.25) is 0 Å². The van der Waals surface area contributed by atoms with Gasteiger partial charge >= 0.3 is 0 Å². The van der Waals surface area contributed by atoms with Gasteiger partial charge in [-0.3, -0.25) is 0 Å². The third-order valence-electron chi connectivity index (χ3n) is 1.48. The van der Waals surface area contributed by atoms with Gasteiger partial charge < -0.3 is 0 Å². The molecular formula is C10H13NSSi. The maximum absolute atomic E-state index is 8.97. The van der Waals surface area contributed by atoms with Crippen molar-refractivity contribution in [1.29, 1.82) is 5.26 Å². The van der Waals surface area contributed by atoms with Crippen LogP contribution in [0.15, 0.2) is 23.2 Å². The molecule has 1 rings (SSSR count). The molecule has 0 radical (unpaired) electrons. The summed E-state index contributed by atoms with van der Waals surface area (Å²) in [4.78, 5) is 1.09. The van der Waals surface area contributed by atoms with E-state index in [4.69, 9.17) is 5.26 Å². The molecular weight excluding hydrogens is 194 g/mol. The Morgan fingerprint density at radius 2 is 2.23 bits per heavy atom. The van der Waals surface area contributed by atoms with Crippen LogP contribution in [0.2, 0.25) is 19.6 Å². The number of rotatable bonds is 2. The molecule has 0 saturated carbocycles. The van der Waals surface area contributed by atoms with Gasteiger partial charge in [-0.15, -0.1) is 11.3 Å². The molecule has 3 heteroatoms. The first-order chi connectivity index (χ1) is 6.03. The fraction of sp³-hybridized carbons (Fsp3) is 0.300. The molecule has 68 valence electrons. The summed E-state index contributed by atoms with van der Waals surface area (Å²) < 4.78 is 0. The Balaban J connectivity index is 3.02. The second kappa shape index (κ2) is 3.90. The minimum Gasteiger partial charge on any atom is -0.192 e. The fourth-order valence-electron chi connectivity index (χ4n) is 1.02. The maximum Gasteiger partial charge on any atom is 0.0999 e. The van der Waals surface area contributed by atoms with Gasteiger partial charge in [0.05, 0.1) is 19.7 Å². The van der Waals surface area contributed by atoms with Crippen molar-refractivity contribution in [2.75, 3.05) is 0 Å². The molecule has 0 aliphatic rings. The van der Waals surface area contributed by atoms with Crippen molar-refractivity contribution in [2.24, 2.45) is 0 Å². The van der Waals surface area contributed by atoms with E-state index in [2.05, 4.69) is 31.4 Å². The number of hydrogen-bond donors (Lipinski definition) is 0. The quantitative estimate of drug-likeness (QED) is 0.537. The molecule has 0 atom stereocenters. The fourth-order valence-corrected chi connectivity index (χ4v) is 2.91. The molecule has 0 unspecified atom stereocenters. The first-order valence-electron chi connectivity index (χ1n) is 4.20. The second-order valence-corrected chi connectivity index (χ2v) is 9.98. The molecule has 0 aromatic carbocycles. The summed E-state index contributed by atoms with van der Waals surface area (Å²) in [6, 6.07) is 6.25. The Hall–Kier alpha value is -0.853. The molecule has 1 heterocycles. The molecule has 0 bridgehead atoms. The monoisotopic (exact) mass is 207 g/mol. The lowest BCUT2D eigenvalue weighted by Gasteiger charge is -2.09. The minimum atomic E-state index is -1.28. The third-order valence-corrected chi connectivity index (χ3v) is 3.54. The van der Waals surface area contributed by atoms with Gasteiger partial charge in [0.15, 0.2) is 0 Å². The number of hydrogen-bond acceptors (Lipinski definition) is 2. The van der Waals surface area contributed by atoms with E-state index in [1.165, 1.54) is 0 Å². The Morgan fingerprint density at radius 1 is 1.54 bits per heavy atom. The first kappa shape index (κ1) is 10.2. The molecule has 0 N–H and O–H groups in total. The Kier molecular flexibility index (Phi) is 3.07. The molecule has 0 aliphatic heterocycles. The van der Waals surface area contributed by atoms with Crippen LogP contribution in [0.25, 0.3) is 5.57 Å². The molecule has 1 aromatic rings. The van der Waals surface area contributed by atoms with E-state index in [1.54, 1.807) is 11.3 Å². The molecule has 0 amide bonds. The van der Waals surface area contributed by atoms with Crippen molar-refractivity contribution in [2.45, 2.75) is 19.6 Å². The molecule has 0 aliphatic carbocycles. The highest BCUT2D eigenvalue weighted by molar-refractivity contribution is 7.11. The predicted octanol–water partition coefficient (Wildman–Crippen LogP) is 3.53. The summed E-state index contributed by atoms with van der Waals surface area (Å²) >= 11 is 1.63. The van der Waals surface area contributed by atoms with Gasteiger partial charge in [0, 0.05) is 4.88 Å².